The monoisotopic (exact) mass is 280 g/mol. The Kier molecular flexibility index (Phi) is 3.22. The summed E-state index contributed by atoms with van der Waals surface area (Å²) in [5.41, 5.74) is 1.91. The number of carbonyl (C=O) groups is 2. The highest BCUT2D eigenvalue weighted by Gasteiger charge is 2.47. The van der Waals surface area contributed by atoms with E-state index in [9.17, 15) is 9.59 Å². The van der Waals surface area contributed by atoms with Crippen molar-refractivity contribution >= 4 is 11.9 Å². The van der Waals surface area contributed by atoms with Crippen molar-refractivity contribution in [3.63, 3.8) is 0 Å². The highest BCUT2D eigenvalue weighted by Crippen LogP contribution is 2.29. The molecule has 4 heteroatoms. The van der Waals surface area contributed by atoms with Crippen LogP contribution in [0, 0.1) is 6.92 Å². The summed E-state index contributed by atoms with van der Waals surface area (Å²) in [4.78, 5) is 24.0. The van der Waals surface area contributed by atoms with Gasteiger partial charge in [-0.05, 0) is 18.1 Å². The summed E-state index contributed by atoms with van der Waals surface area (Å²) in [5.74, 6) is -0.306. The van der Waals surface area contributed by atoms with Gasteiger partial charge in [-0.3, -0.25) is 10.1 Å². The van der Waals surface area contributed by atoms with Gasteiger partial charge in [-0.2, -0.15) is 0 Å². The molecule has 1 saturated heterocycles. The minimum absolute atomic E-state index is 0.306. The van der Waals surface area contributed by atoms with Crippen LogP contribution in [-0.2, 0) is 16.8 Å². The van der Waals surface area contributed by atoms with Gasteiger partial charge < -0.3 is 5.32 Å². The van der Waals surface area contributed by atoms with Gasteiger partial charge in [-0.15, -0.1) is 0 Å². The molecule has 1 heterocycles. The fourth-order valence-corrected chi connectivity index (χ4v) is 2.66. The predicted molar refractivity (Wildman–Crippen MR) is 79.7 cm³/mol. The predicted octanol–water partition coefficient (Wildman–Crippen LogP) is 2.27. The van der Waals surface area contributed by atoms with E-state index in [4.69, 9.17) is 0 Å². The molecule has 0 unspecified atom stereocenters. The van der Waals surface area contributed by atoms with Gasteiger partial charge in [-0.25, -0.2) is 4.79 Å². The molecule has 2 aromatic carbocycles. The number of imide groups is 1. The third-order valence-electron chi connectivity index (χ3n) is 3.80. The van der Waals surface area contributed by atoms with Crippen molar-refractivity contribution in [2.24, 2.45) is 0 Å². The van der Waals surface area contributed by atoms with Gasteiger partial charge >= 0.3 is 6.03 Å². The molecule has 4 nitrogen and oxygen atoms in total. The molecule has 0 radical (unpaired) electrons. The van der Waals surface area contributed by atoms with Gasteiger partial charge in [0.1, 0.15) is 0 Å². The number of aryl methyl sites for hydroxylation is 1. The first-order valence-corrected chi connectivity index (χ1v) is 6.85. The number of hydrogen-bond donors (Lipinski definition) is 2. The molecule has 3 rings (SSSR count). The van der Waals surface area contributed by atoms with E-state index < -0.39 is 11.6 Å². The number of urea groups is 1. The van der Waals surface area contributed by atoms with Gasteiger partial charge in [0.15, 0.2) is 5.54 Å². The maximum absolute atomic E-state index is 12.4. The summed E-state index contributed by atoms with van der Waals surface area (Å²) in [5, 5.41) is 5.15. The Labute approximate surface area is 123 Å². The van der Waals surface area contributed by atoms with Gasteiger partial charge in [0.2, 0.25) is 0 Å². The second-order valence-electron chi connectivity index (χ2n) is 5.34. The molecule has 21 heavy (non-hydrogen) atoms. The number of benzene rings is 2. The van der Waals surface area contributed by atoms with Crippen molar-refractivity contribution in [1.82, 2.24) is 10.6 Å². The molecule has 0 aromatic heterocycles. The summed E-state index contributed by atoms with van der Waals surface area (Å²) >= 11 is 0. The largest absolute Gasteiger partial charge is 0.322 e. The van der Waals surface area contributed by atoms with E-state index in [1.165, 1.54) is 0 Å². The van der Waals surface area contributed by atoms with Gasteiger partial charge in [0.25, 0.3) is 5.91 Å². The lowest BCUT2D eigenvalue weighted by Gasteiger charge is -2.26. The molecule has 1 fully saturated rings. The molecule has 2 N–H and O–H groups in total. The molecule has 0 aliphatic carbocycles. The van der Waals surface area contributed by atoms with Crippen LogP contribution in [0.25, 0.3) is 0 Å². The molecular weight excluding hydrogens is 264 g/mol. The van der Waals surface area contributed by atoms with Crippen LogP contribution >= 0.6 is 0 Å². The van der Waals surface area contributed by atoms with Gasteiger partial charge in [0, 0.05) is 6.42 Å². The molecule has 3 amide bonds. The first-order valence-electron chi connectivity index (χ1n) is 6.85. The molecule has 1 atom stereocenters. The fraction of sp³-hybridized carbons (Fsp3) is 0.176. The van der Waals surface area contributed by atoms with Crippen LogP contribution < -0.4 is 10.6 Å². The van der Waals surface area contributed by atoms with Crippen molar-refractivity contribution < 1.29 is 9.59 Å². The summed E-state index contributed by atoms with van der Waals surface area (Å²) in [6, 6.07) is 16.9. The van der Waals surface area contributed by atoms with Gasteiger partial charge in [-0.1, -0.05) is 60.2 Å². The lowest BCUT2D eigenvalue weighted by molar-refractivity contribution is -0.124. The van der Waals surface area contributed by atoms with Crippen molar-refractivity contribution in [2.75, 3.05) is 0 Å². The zero-order valence-electron chi connectivity index (χ0n) is 11.7. The van der Waals surface area contributed by atoms with Crippen LogP contribution in [0.2, 0.25) is 0 Å². The average molecular weight is 280 g/mol. The first-order chi connectivity index (χ1) is 10.1. The highest BCUT2D eigenvalue weighted by molar-refractivity contribution is 6.07. The molecule has 1 aliphatic rings. The summed E-state index contributed by atoms with van der Waals surface area (Å²) in [6.45, 7) is 2.01. The van der Waals surface area contributed by atoms with Crippen molar-refractivity contribution in [3.8, 4) is 0 Å². The van der Waals surface area contributed by atoms with E-state index in [0.717, 1.165) is 16.7 Å². The van der Waals surface area contributed by atoms with Crippen molar-refractivity contribution in [1.29, 1.82) is 0 Å². The second-order valence-corrected chi connectivity index (χ2v) is 5.34. The van der Waals surface area contributed by atoms with E-state index in [-0.39, 0.29) is 5.91 Å². The standard InChI is InChI=1S/C17H16N2O2/c1-12-7-9-13(10-8-12)11-17(14-5-3-2-4-6-14)15(20)18-16(21)19-17/h2-10H,11H2,1H3,(H2,18,19,20,21)/t17-/m1/s1. The molecule has 1 aliphatic heterocycles. The van der Waals surface area contributed by atoms with E-state index in [0.29, 0.717) is 6.42 Å². The van der Waals surface area contributed by atoms with Crippen molar-refractivity contribution in [2.45, 2.75) is 18.9 Å². The first kappa shape index (κ1) is 13.4. The lowest BCUT2D eigenvalue weighted by Crippen LogP contribution is -2.45. The smallest absolute Gasteiger partial charge is 0.319 e. The number of hydrogen-bond acceptors (Lipinski definition) is 2. The Hall–Kier alpha value is -2.62. The number of carbonyl (C=O) groups excluding carboxylic acids is 2. The fourth-order valence-electron chi connectivity index (χ4n) is 2.66. The number of nitrogens with one attached hydrogen (secondary N) is 2. The lowest BCUT2D eigenvalue weighted by atomic mass is 9.84. The third kappa shape index (κ3) is 2.40. The molecule has 2 aromatic rings. The molecular formula is C17H16N2O2. The minimum atomic E-state index is -1.03. The van der Waals surface area contributed by atoms with Crippen LogP contribution in [0.3, 0.4) is 0 Å². The van der Waals surface area contributed by atoms with E-state index in [1.807, 2.05) is 61.5 Å². The van der Waals surface area contributed by atoms with Crippen LogP contribution in [-0.4, -0.2) is 11.9 Å². The molecule has 106 valence electrons. The highest BCUT2D eigenvalue weighted by atomic mass is 16.2. The summed E-state index contributed by atoms with van der Waals surface area (Å²) in [6.07, 6.45) is 0.425. The summed E-state index contributed by atoms with van der Waals surface area (Å²) < 4.78 is 0. The maximum atomic E-state index is 12.4. The number of rotatable bonds is 3. The number of amides is 3. The van der Waals surface area contributed by atoms with E-state index >= 15 is 0 Å². The second kappa shape index (κ2) is 5.05. The van der Waals surface area contributed by atoms with Crippen LogP contribution in [0.5, 0.6) is 0 Å². The van der Waals surface area contributed by atoms with E-state index in [1.54, 1.807) is 0 Å². The van der Waals surface area contributed by atoms with Crippen LogP contribution in [0.15, 0.2) is 54.6 Å². The minimum Gasteiger partial charge on any atom is -0.319 e. The Morgan fingerprint density at radius 1 is 0.952 bits per heavy atom. The van der Waals surface area contributed by atoms with E-state index in [2.05, 4.69) is 10.6 Å². The molecule has 0 spiro atoms. The summed E-state index contributed by atoms with van der Waals surface area (Å²) in [7, 11) is 0. The Morgan fingerprint density at radius 2 is 1.62 bits per heavy atom. The molecule has 0 bridgehead atoms. The van der Waals surface area contributed by atoms with Crippen LogP contribution in [0.1, 0.15) is 16.7 Å². The Bertz CT molecular complexity index is 680. The quantitative estimate of drug-likeness (QED) is 0.847. The normalized spacial score (nSPS) is 21.0. The Balaban J connectivity index is 2.03. The maximum Gasteiger partial charge on any atom is 0.322 e. The SMILES string of the molecule is Cc1ccc(C[C@]2(c3ccccc3)NC(=O)NC2=O)cc1. The zero-order chi connectivity index (χ0) is 14.9. The van der Waals surface area contributed by atoms with Crippen molar-refractivity contribution in [3.05, 3.63) is 71.3 Å². The topological polar surface area (TPSA) is 58.2 Å². The Morgan fingerprint density at radius 3 is 2.19 bits per heavy atom. The average Bonchev–Trinajstić information content (AvgIpc) is 2.77. The third-order valence-corrected chi connectivity index (χ3v) is 3.80. The van der Waals surface area contributed by atoms with Crippen LogP contribution in [0.4, 0.5) is 4.79 Å². The van der Waals surface area contributed by atoms with Gasteiger partial charge in [0.05, 0.1) is 0 Å². The zero-order valence-corrected chi connectivity index (χ0v) is 11.7. The molecule has 0 saturated carbocycles.